The lowest BCUT2D eigenvalue weighted by molar-refractivity contribution is -0.130. The van der Waals surface area contributed by atoms with E-state index < -0.39 is 0 Å². The van der Waals surface area contributed by atoms with E-state index in [1.165, 1.54) is 38.5 Å². The topological polar surface area (TPSA) is 38.3 Å². The van der Waals surface area contributed by atoms with Gasteiger partial charge in [-0.05, 0) is 75.5 Å². The van der Waals surface area contributed by atoms with Crippen molar-refractivity contribution in [2.45, 2.75) is 58.4 Å². The molecule has 0 aromatic heterocycles. The molecule has 0 saturated heterocycles. The molecule has 4 fully saturated rings. The van der Waals surface area contributed by atoms with Gasteiger partial charge in [-0.15, -0.1) is 0 Å². The van der Waals surface area contributed by atoms with Gasteiger partial charge in [-0.25, -0.2) is 0 Å². The Morgan fingerprint density at radius 2 is 1.74 bits per heavy atom. The number of nitrogens with one attached hydrogen (secondary N) is 1. The summed E-state index contributed by atoms with van der Waals surface area (Å²) in [5.74, 6) is 2.89. The second-order valence-corrected chi connectivity index (χ2v) is 7.21. The van der Waals surface area contributed by atoms with Crippen LogP contribution in [0.5, 0.6) is 0 Å². The molecule has 4 aliphatic rings. The van der Waals surface area contributed by atoms with Crippen LogP contribution >= 0.6 is 0 Å². The first-order valence-corrected chi connectivity index (χ1v) is 7.98. The summed E-state index contributed by atoms with van der Waals surface area (Å²) < 4.78 is 5.20. The monoisotopic (exact) mass is 265 g/mol. The summed E-state index contributed by atoms with van der Waals surface area (Å²) in [7, 11) is 0. The summed E-state index contributed by atoms with van der Waals surface area (Å²) in [5.41, 5.74) is 0.399. The summed E-state index contributed by atoms with van der Waals surface area (Å²) >= 11 is 0. The van der Waals surface area contributed by atoms with E-state index in [1.54, 1.807) is 0 Å². The predicted octanol–water partition coefficient (Wildman–Crippen LogP) is 2.74. The van der Waals surface area contributed by atoms with Crippen LogP contribution in [0.1, 0.15) is 52.4 Å². The molecule has 0 aromatic rings. The molecule has 0 spiro atoms. The Morgan fingerprint density at radius 1 is 1.21 bits per heavy atom. The van der Waals surface area contributed by atoms with Crippen molar-refractivity contribution in [3.63, 3.8) is 0 Å². The fourth-order valence-electron chi connectivity index (χ4n) is 5.34. The summed E-state index contributed by atoms with van der Waals surface area (Å²) in [6.07, 6.45) is 8.40. The minimum Gasteiger partial charge on any atom is -0.372 e. The number of amides is 1. The van der Waals surface area contributed by atoms with Crippen LogP contribution in [0.15, 0.2) is 0 Å². The molecule has 0 aromatic carbocycles. The molecule has 1 atom stereocenters. The maximum atomic E-state index is 11.9. The molecule has 1 amide bonds. The highest BCUT2D eigenvalue weighted by Gasteiger charge is 2.53. The Kier molecular flexibility index (Phi) is 3.59. The highest BCUT2D eigenvalue weighted by molar-refractivity contribution is 5.77. The SMILES string of the molecule is CCOCC(=O)NC(C)C12CC3CC(CC(C3)C1)C2. The molecule has 4 bridgehead atoms. The second-order valence-electron chi connectivity index (χ2n) is 7.21. The molecular formula is C16H27NO2. The Bertz CT molecular complexity index is 317. The predicted molar refractivity (Wildman–Crippen MR) is 74.7 cm³/mol. The average Bonchev–Trinajstić information content (AvgIpc) is 2.34. The molecule has 108 valence electrons. The van der Waals surface area contributed by atoms with Crippen LogP contribution in [-0.4, -0.2) is 25.2 Å². The van der Waals surface area contributed by atoms with Gasteiger partial charge in [0.25, 0.3) is 0 Å². The molecule has 4 aliphatic carbocycles. The third-order valence-electron chi connectivity index (χ3n) is 5.82. The molecular weight excluding hydrogens is 238 g/mol. The molecule has 19 heavy (non-hydrogen) atoms. The first-order valence-electron chi connectivity index (χ1n) is 7.98. The van der Waals surface area contributed by atoms with E-state index >= 15 is 0 Å². The molecule has 4 saturated carbocycles. The summed E-state index contributed by atoms with van der Waals surface area (Å²) in [5, 5.41) is 3.21. The van der Waals surface area contributed by atoms with Gasteiger partial charge in [0.05, 0.1) is 0 Å². The smallest absolute Gasteiger partial charge is 0.246 e. The number of ether oxygens (including phenoxy) is 1. The van der Waals surface area contributed by atoms with E-state index in [0.717, 1.165) is 17.8 Å². The Balaban J connectivity index is 1.63. The normalized spacial score (nSPS) is 41.3. The van der Waals surface area contributed by atoms with Crippen molar-refractivity contribution in [3.8, 4) is 0 Å². The fourth-order valence-corrected chi connectivity index (χ4v) is 5.34. The van der Waals surface area contributed by atoms with E-state index in [0.29, 0.717) is 18.1 Å². The maximum absolute atomic E-state index is 11.9. The average molecular weight is 265 g/mol. The van der Waals surface area contributed by atoms with Gasteiger partial charge < -0.3 is 10.1 Å². The first kappa shape index (κ1) is 13.4. The Morgan fingerprint density at radius 3 is 2.21 bits per heavy atom. The molecule has 1 unspecified atom stereocenters. The lowest BCUT2D eigenvalue weighted by Gasteiger charge is -2.59. The van der Waals surface area contributed by atoms with Gasteiger partial charge in [0.15, 0.2) is 0 Å². The zero-order chi connectivity index (χ0) is 13.5. The van der Waals surface area contributed by atoms with Crippen molar-refractivity contribution in [1.82, 2.24) is 5.32 Å². The van der Waals surface area contributed by atoms with Crippen molar-refractivity contribution < 1.29 is 9.53 Å². The third-order valence-corrected chi connectivity index (χ3v) is 5.82. The van der Waals surface area contributed by atoms with Crippen molar-refractivity contribution in [2.75, 3.05) is 13.2 Å². The summed E-state index contributed by atoms with van der Waals surface area (Å²) in [4.78, 5) is 11.9. The Labute approximate surface area is 116 Å². The highest BCUT2D eigenvalue weighted by Crippen LogP contribution is 2.61. The number of hydrogen-bond donors (Lipinski definition) is 1. The Hall–Kier alpha value is -0.570. The first-order chi connectivity index (χ1) is 9.11. The zero-order valence-electron chi connectivity index (χ0n) is 12.3. The van der Waals surface area contributed by atoms with Crippen LogP contribution in [0.25, 0.3) is 0 Å². The van der Waals surface area contributed by atoms with Crippen molar-refractivity contribution in [2.24, 2.45) is 23.2 Å². The molecule has 3 heteroatoms. The van der Waals surface area contributed by atoms with E-state index in [2.05, 4.69) is 12.2 Å². The largest absolute Gasteiger partial charge is 0.372 e. The molecule has 1 N–H and O–H groups in total. The van der Waals surface area contributed by atoms with Crippen LogP contribution in [0.2, 0.25) is 0 Å². The lowest BCUT2D eigenvalue weighted by Crippen LogP contribution is -2.56. The van der Waals surface area contributed by atoms with Crippen LogP contribution in [-0.2, 0) is 9.53 Å². The fraction of sp³-hybridized carbons (Fsp3) is 0.938. The molecule has 3 nitrogen and oxygen atoms in total. The highest BCUT2D eigenvalue weighted by atomic mass is 16.5. The number of hydrogen-bond acceptors (Lipinski definition) is 2. The van der Waals surface area contributed by atoms with Crippen LogP contribution < -0.4 is 5.32 Å². The standard InChI is InChI=1S/C16H27NO2/c1-3-19-10-15(18)17-11(2)16-7-12-4-13(8-16)6-14(5-12)9-16/h11-14H,3-10H2,1-2H3,(H,17,18). The van der Waals surface area contributed by atoms with E-state index in [1.807, 2.05) is 6.92 Å². The van der Waals surface area contributed by atoms with Gasteiger partial charge in [-0.2, -0.15) is 0 Å². The lowest BCUT2D eigenvalue weighted by atomic mass is 9.48. The zero-order valence-corrected chi connectivity index (χ0v) is 12.3. The number of carbonyl (C=O) groups excluding carboxylic acids is 1. The van der Waals surface area contributed by atoms with E-state index in [-0.39, 0.29) is 12.5 Å². The quantitative estimate of drug-likeness (QED) is 0.830. The number of carbonyl (C=O) groups is 1. The van der Waals surface area contributed by atoms with Gasteiger partial charge in [0.2, 0.25) is 5.91 Å². The number of rotatable bonds is 5. The van der Waals surface area contributed by atoms with Gasteiger partial charge >= 0.3 is 0 Å². The van der Waals surface area contributed by atoms with Crippen molar-refractivity contribution >= 4 is 5.91 Å². The minimum atomic E-state index is 0.0603. The van der Waals surface area contributed by atoms with E-state index in [4.69, 9.17) is 4.74 Å². The van der Waals surface area contributed by atoms with Gasteiger partial charge in [0.1, 0.15) is 6.61 Å². The molecule has 0 heterocycles. The third kappa shape index (κ3) is 2.54. The summed E-state index contributed by atoms with van der Waals surface area (Å²) in [6.45, 7) is 4.97. The van der Waals surface area contributed by atoms with Gasteiger partial charge in [0, 0.05) is 12.6 Å². The molecule has 0 radical (unpaired) electrons. The minimum absolute atomic E-state index is 0.0603. The van der Waals surface area contributed by atoms with Crippen LogP contribution in [0.3, 0.4) is 0 Å². The van der Waals surface area contributed by atoms with Crippen LogP contribution in [0, 0.1) is 23.2 Å². The van der Waals surface area contributed by atoms with Gasteiger partial charge in [-0.1, -0.05) is 0 Å². The molecule has 4 rings (SSSR count). The molecule has 0 aliphatic heterocycles. The van der Waals surface area contributed by atoms with Crippen molar-refractivity contribution in [1.29, 1.82) is 0 Å². The van der Waals surface area contributed by atoms with Gasteiger partial charge in [-0.3, -0.25) is 4.79 Å². The van der Waals surface area contributed by atoms with Crippen molar-refractivity contribution in [3.05, 3.63) is 0 Å². The second kappa shape index (κ2) is 5.08. The van der Waals surface area contributed by atoms with Crippen LogP contribution in [0.4, 0.5) is 0 Å². The van der Waals surface area contributed by atoms with E-state index in [9.17, 15) is 4.79 Å². The maximum Gasteiger partial charge on any atom is 0.246 e. The summed E-state index contributed by atoms with van der Waals surface area (Å²) in [6, 6.07) is 0.314.